The Morgan fingerprint density at radius 2 is 1.10 bits per heavy atom. The number of hydrogen-bond acceptors (Lipinski definition) is 5. The summed E-state index contributed by atoms with van der Waals surface area (Å²) in [7, 11) is 2.11. The summed E-state index contributed by atoms with van der Waals surface area (Å²) in [5, 5.41) is 6.18. The van der Waals surface area contributed by atoms with Gasteiger partial charge < -0.3 is 25.0 Å². The fourth-order valence-electron chi connectivity index (χ4n) is 4.27. The van der Waals surface area contributed by atoms with Crippen molar-refractivity contribution in [3.8, 4) is 0 Å². The summed E-state index contributed by atoms with van der Waals surface area (Å²) in [6, 6.07) is 0.658. The highest BCUT2D eigenvalue weighted by atomic mass is 16.5. The number of nitrogens with zero attached hydrogens (tertiary/aromatic N) is 1. The molecule has 0 radical (unpaired) electrons. The van der Waals surface area contributed by atoms with E-state index in [4.69, 9.17) is 9.47 Å². The van der Waals surface area contributed by atoms with Crippen LogP contribution in [0.3, 0.4) is 0 Å². The van der Waals surface area contributed by atoms with Crippen molar-refractivity contribution >= 4 is 11.8 Å². The van der Waals surface area contributed by atoms with Crippen LogP contribution in [0.5, 0.6) is 0 Å². The molecule has 2 N–H and O–H groups in total. The van der Waals surface area contributed by atoms with Crippen molar-refractivity contribution in [1.82, 2.24) is 15.5 Å². The number of hydrogen-bond donors (Lipinski definition) is 2. The lowest BCUT2D eigenvalue weighted by atomic mass is 9.93. The minimum absolute atomic E-state index is 0.152. The molecule has 30 heavy (non-hydrogen) atoms. The van der Waals surface area contributed by atoms with Crippen molar-refractivity contribution < 1.29 is 19.1 Å². The molecule has 2 amide bonds. The normalized spacial score (nSPS) is 27.1. The Morgan fingerprint density at radius 1 is 0.733 bits per heavy atom. The molecule has 2 aliphatic carbocycles. The Morgan fingerprint density at radius 3 is 1.43 bits per heavy atom. The van der Waals surface area contributed by atoms with E-state index in [1.807, 2.05) is 13.8 Å². The number of ether oxygens (including phenoxy) is 2. The Bertz CT molecular complexity index is 457. The van der Waals surface area contributed by atoms with Gasteiger partial charge in [-0.05, 0) is 58.4 Å². The summed E-state index contributed by atoms with van der Waals surface area (Å²) in [6.07, 6.45) is 9.97. The van der Waals surface area contributed by atoms with Gasteiger partial charge >= 0.3 is 0 Å². The number of likely N-dealkylation sites (N-methyl/N-ethyl adjacent to an activating group) is 1. The molecule has 0 aromatic heterocycles. The SMILES string of the molecule is CCC(=O)NC1CCC(OCCN(C)CCOC2CCC(NC(=O)CC)CC2)CC1. The van der Waals surface area contributed by atoms with Crippen LogP contribution in [0.1, 0.15) is 78.1 Å². The molecule has 2 fully saturated rings. The van der Waals surface area contributed by atoms with E-state index in [9.17, 15) is 9.59 Å². The molecule has 174 valence electrons. The minimum Gasteiger partial charge on any atom is -0.377 e. The van der Waals surface area contributed by atoms with Crippen LogP contribution >= 0.6 is 0 Å². The van der Waals surface area contributed by atoms with E-state index in [0.29, 0.717) is 37.1 Å². The van der Waals surface area contributed by atoms with E-state index < -0.39 is 0 Å². The van der Waals surface area contributed by atoms with E-state index in [2.05, 4.69) is 22.6 Å². The highest BCUT2D eigenvalue weighted by Gasteiger charge is 2.23. The first-order valence-corrected chi connectivity index (χ1v) is 12.0. The second-order valence-electron chi connectivity index (χ2n) is 8.83. The average Bonchev–Trinajstić information content (AvgIpc) is 2.76. The summed E-state index contributed by atoms with van der Waals surface area (Å²) in [5.41, 5.74) is 0. The number of amides is 2. The second-order valence-corrected chi connectivity index (χ2v) is 8.83. The zero-order valence-corrected chi connectivity index (χ0v) is 19.3. The molecule has 7 nitrogen and oxygen atoms in total. The van der Waals surface area contributed by atoms with Crippen LogP contribution in [0.15, 0.2) is 0 Å². The third kappa shape index (κ3) is 9.75. The van der Waals surface area contributed by atoms with Gasteiger partial charge in [-0.3, -0.25) is 9.59 Å². The standard InChI is InChI=1S/C23H43N3O4/c1-4-22(27)24-18-6-10-20(11-7-18)29-16-14-26(3)15-17-30-21-12-8-19(9-13-21)25-23(28)5-2/h18-21H,4-17H2,1-3H3,(H,24,27)(H,25,28). The Kier molecular flexibility index (Phi) is 11.7. The van der Waals surface area contributed by atoms with Crippen molar-refractivity contribution in [2.45, 2.75) is 102 Å². The Hall–Kier alpha value is -1.18. The van der Waals surface area contributed by atoms with Crippen molar-refractivity contribution in [2.75, 3.05) is 33.4 Å². The van der Waals surface area contributed by atoms with Crippen LogP contribution < -0.4 is 10.6 Å². The summed E-state index contributed by atoms with van der Waals surface area (Å²) in [6.45, 7) is 7.10. The number of nitrogens with one attached hydrogen (secondary N) is 2. The van der Waals surface area contributed by atoms with Gasteiger partial charge in [-0.15, -0.1) is 0 Å². The molecule has 0 saturated heterocycles. The molecule has 2 rings (SSSR count). The molecule has 2 saturated carbocycles. The van der Waals surface area contributed by atoms with Crippen molar-refractivity contribution in [1.29, 1.82) is 0 Å². The predicted molar refractivity (Wildman–Crippen MR) is 118 cm³/mol. The molecular weight excluding hydrogens is 382 g/mol. The summed E-state index contributed by atoms with van der Waals surface area (Å²) in [5.74, 6) is 0.305. The summed E-state index contributed by atoms with van der Waals surface area (Å²) >= 11 is 0. The third-order valence-corrected chi connectivity index (χ3v) is 6.37. The molecule has 0 unspecified atom stereocenters. The van der Waals surface area contributed by atoms with E-state index in [0.717, 1.165) is 77.7 Å². The van der Waals surface area contributed by atoms with Gasteiger partial charge in [-0.1, -0.05) is 13.8 Å². The molecule has 0 aromatic carbocycles. The van der Waals surface area contributed by atoms with Crippen LogP contribution in [0.4, 0.5) is 0 Å². The largest absolute Gasteiger partial charge is 0.377 e. The summed E-state index contributed by atoms with van der Waals surface area (Å²) in [4.78, 5) is 25.2. The van der Waals surface area contributed by atoms with E-state index in [1.54, 1.807) is 0 Å². The molecule has 0 aromatic rings. The molecular formula is C23H43N3O4. The van der Waals surface area contributed by atoms with Crippen LogP contribution in [-0.4, -0.2) is 74.4 Å². The lowest BCUT2D eigenvalue weighted by molar-refractivity contribution is -0.122. The fourth-order valence-corrected chi connectivity index (χ4v) is 4.27. The van der Waals surface area contributed by atoms with E-state index in [-0.39, 0.29) is 11.8 Å². The van der Waals surface area contributed by atoms with Crippen molar-refractivity contribution in [3.05, 3.63) is 0 Å². The topological polar surface area (TPSA) is 79.9 Å². The van der Waals surface area contributed by atoms with Crippen LogP contribution in [0.2, 0.25) is 0 Å². The maximum atomic E-state index is 11.5. The maximum Gasteiger partial charge on any atom is 0.219 e. The number of carbonyl (C=O) groups is 2. The van der Waals surface area contributed by atoms with Gasteiger partial charge in [0.1, 0.15) is 0 Å². The quantitative estimate of drug-likeness (QED) is 0.502. The Labute approximate surface area is 182 Å². The lowest BCUT2D eigenvalue weighted by Crippen LogP contribution is -2.39. The van der Waals surface area contributed by atoms with Gasteiger partial charge in [0.05, 0.1) is 25.4 Å². The van der Waals surface area contributed by atoms with Crippen LogP contribution in [0.25, 0.3) is 0 Å². The monoisotopic (exact) mass is 425 g/mol. The minimum atomic E-state index is 0.152. The highest BCUT2D eigenvalue weighted by molar-refractivity contribution is 5.76. The van der Waals surface area contributed by atoms with Gasteiger partial charge in [0.15, 0.2) is 0 Å². The first-order chi connectivity index (χ1) is 14.5. The summed E-state index contributed by atoms with van der Waals surface area (Å²) < 4.78 is 12.1. The fraction of sp³-hybridized carbons (Fsp3) is 0.913. The molecule has 0 heterocycles. The number of rotatable bonds is 12. The van der Waals surface area contributed by atoms with Gasteiger partial charge in [0.2, 0.25) is 11.8 Å². The van der Waals surface area contributed by atoms with Crippen LogP contribution in [-0.2, 0) is 19.1 Å². The molecule has 0 spiro atoms. The van der Waals surface area contributed by atoms with Crippen molar-refractivity contribution in [2.24, 2.45) is 0 Å². The van der Waals surface area contributed by atoms with Crippen molar-refractivity contribution in [3.63, 3.8) is 0 Å². The number of carbonyl (C=O) groups excluding carboxylic acids is 2. The zero-order chi connectivity index (χ0) is 21.8. The van der Waals surface area contributed by atoms with Gasteiger partial charge in [0, 0.05) is 38.0 Å². The zero-order valence-electron chi connectivity index (χ0n) is 19.3. The van der Waals surface area contributed by atoms with E-state index in [1.165, 1.54) is 0 Å². The molecule has 2 aliphatic rings. The van der Waals surface area contributed by atoms with Gasteiger partial charge in [-0.2, -0.15) is 0 Å². The molecule has 0 aliphatic heterocycles. The first kappa shape index (κ1) is 25.1. The highest BCUT2D eigenvalue weighted by Crippen LogP contribution is 2.22. The van der Waals surface area contributed by atoms with E-state index >= 15 is 0 Å². The average molecular weight is 426 g/mol. The first-order valence-electron chi connectivity index (χ1n) is 12.0. The second kappa shape index (κ2) is 14.0. The van der Waals surface area contributed by atoms with Crippen LogP contribution in [0, 0.1) is 0 Å². The predicted octanol–water partition coefficient (Wildman–Crippen LogP) is 2.63. The van der Waals surface area contributed by atoms with Gasteiger partial charge in [0.25, 0.3) is 0 Å². The Balaban J connectivity index is 1.46. The molecule has 0 atom stereocenters. The molecule has 0 bridgehead atoms. The smallest absolute Gasteiger partial charge is 0.219 e. The molecule has 7 heteroatoms. The maximum absolute atomic E-state index is 11.5. The van der Waals surface area contributed by atoms with Gasteiger partial charge in [-0.25, -0.2) is 0 Å². The third-order valence-electron chi connectivity index (χ3n) is 6.37. The lowest BCUT2D eigenvalue weighted by Gasteiger charge is -2.30.